The van der Waals surface area contributed by atoms with E-state index in [1.165, 1.54) is 4.90 Å². The Kier molecular flexibility index (Phi) is 4.69. The number of piperidine rings is 2. The lowest BCUT2D eigenvalue weighted by molar-refractivity contribution is -0.136. The lowest BCUT2D eigenvalue weighted by Crippen LogP contribution is -2.52. The van der Waals surface area contributed by atoms with Gasteiger partial charge in [0.15, 0.2) is 11.6 Å². The van der Waals surface area contributed by atoms with E-state index in [9.17, 15) is 23.2 Å². The average molecular weight is 391 g/mol. The fraction of sp³-hybridized carbons (Fsp3) is 0.550. The molecule has 0 radical (unpaired) electrons. The predicted octanol–water partition coefficient (Wildman–Crippen LogP) is 1.68. The minimum Gasteiger partial charge on any atom is -0.322 e. The molecule has 3 aliphatic heterocycles. The quantitative estimate of drug-likeness (QED) is 0.752. The van der Waals surface area contributed by atoms with Gasteiger partial charge in [0, 0.05) is 24.1 Å². The van der Waals surface area contributed by atoms with E-state index < -0.39 is 29.5 Å². The zero-order valence-corrected chi connectivity index (χ0v) is 15.9. The summed E-state index contributed by atoms with van der Waals surface area (Å²) in [5.74, 6) is -3.41. The summed E-state index contributed by atoms with van der Waals surface area (Å²) in [6.45, 7) is 5.39. The van der Waals surface area contributed by atoms with Crippen molar-refractivity contribution in [3.8, 4) is 0 Å². The number of amides is 3. The van der Waals surface area contributed by atoms with Crippen LogP contribution >= 0.6 is 0 Å². The second-order valence-corrected chi connectivity index (χ2v) is 8.15. The third kappa shape index (κ3) is 2.90. The smallest absolute Gasteiger partial charge is 0.255 e. The highest BCUT2D eigenvalue weighted by Crippen LogP contribution is 2.42. The van der Waals surface area contributed by atoms with E-state index in [0.29, 0.717) is 18.7 Å². The SMILES string of the molecule is CC1CNCC(C)C1c1c(F)c(F)cc2c1CN(C1CCC(=O)NC1=O)C2=O. The van der Waals surface area contributed by atoms with E-state index in [1.54, 1.807) is 0 Å². The standard InChI is InChI=1S/C20H23F2N3O3/c1-9-6-23-7-10(2)16(9)17-12-8-25(14-3-4-15(26)24-19(14)27)20(28)11(12)5-13(21)18(17)22/h5,9-10,14,16,23H,3-4,6-8H2,1-2H3,(H,24,26,27). The van der Waals surface area contributed by atoms with Crippen LogP contribution in [0.25, 0.3) is 0 Å². The van der Waals surface area contributed by atoms with Crippen LogP contribution in [0.1, 0.15) is 54.1 Å². The normalized spacial score (nSPS) is 30.4. The molecule has 2 fully saturated rings. The second-order valence-electron chi connectivity index (χ2n) is 8.15. The van der Waals surface area contributed by atoms with E-state index in [4.69, 9.17) is 0 Å². The fourth-order valence-electron chi connectivity index (χ4n) is 4.94. The topological polar surface area (TPSA) is 78.5 Å². The van der Waals surface area contributed by atoms with Crippen molar-refractivity contribution in [3.63, 3.8) is 0 Å². The molecular weight excluding hydrogens is 368 g/mol. The Hall–Kier alpha value is -2.35. The average Bonchev–Trinajstić information content (AvgIpc) is 2.94. The molecule has 3 atom stereocenters. The molecule has 0 spiro atoms. The van der Waals surface area contributed by atoms with Crippen LogP contribution in [0.4, 0.5) is 8.78 Å². The number of imide groups is 1. The Morgan fingerprint density at radius 2 is 1.79 bits per heavy atom. The highest BCUT2D eigenvalue weighted by Gasteiger charge is 2.43. The molecule has 0 aromatic heterocycles. The van der Waals surface area contributed by atoms with Gasteiger partial charge in [0.25, 0.3) is 5.91 Å². The monoisotopic (exact) mass is 391 g/mol. The molecule has 150 valence electrons. The first kappa shape index (κ1) is 19.0. The molecule has 2 saturated heterocycles. The number of halogens is 2. The molecule has 0 bridgehead atoms. The van der Waals surface area contributed by atoms with Crippen molar-refractivity contribution >= 4 is 17.7 Å². The summed E-state index contributed by atoms with van der Waals surface area (Å²) < 4.78 is 29.4. The van der Waals surface area contributed by atoms with E-state index in [-0.39, 0.29) is 54.2 Å². The van der Waals surface area contributed by atoms with Crippen LogP contribution in [0.3, 0.4) is 0 Å². The molecule has 0 aliphatic carbocycles. The molecule has 2 N–H and O–H groups in total. The van der Waals surface area contributed by atoms with Gasteiger partial charge in [0.2, 0.25) is 11.8 Å². The van der Waals surface area contributed by atoms with Crippen LogP contribution in [0.5, 0.6) is 0 Å². The zero-order valence-electron chi connectivity index (χ0n) is 15.9. The largest absolute Gasteiger partial charge is 0.322 e. The third-order valence-electron chi connectivity index (χ3n) is 6.27. The summed E-state index contributed by atoms with van der Waals surface area (Å²) in [5.41, 5.74) is 0.857. The molecule has 3 aliphatic rings. The molecule has 6 nitrogen and oxygen atoms in total. The number of benzene rings is 1. The molecule has 8 heteroatoms. The minimum absolute atomic E-state index is 0.0519. The molecule has 4 rings (SSSR count). The van der Waals surface area contributed by atoms with Gasteiger partial charge in [-0.25, -0.2) is 8.78 Å². The van der Waals surface area contributed by atoms with Crippen molar-refractivity contribution < 1.29 is 23.2 Å². The van der Waals surface area contributed by atoms with E-state index in [1.807, 2.05) is 13.8 Å². The van der Waals surface area contributed by atoms with Crippen molar-refractivity contribution in [3.05, 3.63) is 34.4 Å². The number of fused-ring (bicyclic) bond motifs is 1. The van der Waals surface area contributed by atoms with Crippen LogP contribution in [-0.4, -0.2) is 41.8 Å². The summed E-state index contributed by atoms with van der Waals surface area (Å²) in [5, 5.41) is 5.53. The fourth-order valence-corrected chi connectivity index (χ4v) is 4.94. The number of hydrogen-bond acceptors (Lipinski definition) is 4. The lowest BCUT2D eigenvalue weighted by atomic mass is 9.73. The number of carbonyl (C=O) groups is 3. The van der Waals surface area contributed by atoms with E-state index in [2.05, 4.69) is 10.6 Å². The summed E-state index contributed by atoms with van der Waals surface area (Å²) in [6.07, 6.45) is 0.347. The van der Waals surface area contributed by atoms with Gasteiger partial charge in [-0.3, -0.25) is 19.7 Å². The summed E-state index contributed by atoms with van der Waals surface area (Å²) >= 11 is 0. The second kappa shape index (κ2) is 6.92. The van der Waals surface area contributed by atoms with Crippen LogP contribution in [0, 0.1) is 23.5 Å². The maximum atomic E-state index is 15.0. The van der Waals surface area contributed by atoms with Gasteiger partial charge in [0.1, 0.15) is 6.04 Å². The molecule has 0 saturated carbocycles. The number of rotatable bonds is 2. The van der Waals surface area contributed by atoms with E-state index in [0.717, 1.165) is 6.07 Å². The van der Waals surface area contributed by atoms with Crippen molar-refractivity contribution in [2.75, 3.05) is 13.1 Å². The first-order chi connectivity index (χ1) is 13.3. The van der Waals surface area contributed by atoms with Crippen molar-refractivity contribution in [1.29, 1.82) is 0 Å². The Bertz CT molecular complexity index is 863. The van der Waals surface area contributed by atoms with Gasteiger partial charge in [-0.15, -0.1) is 0 Å². The third-order valence-corrected chi connectivity index (χ3v) is 6.27. The Morgan fingerprint density at radius 3 is 2.43 bits per heavy atom. The molecule has 3 unspecified atom stereocenters. The number of carbonyl (C=O) groups excluding carboxylic acids is 3. The van der Waals surface area contributed by atoms with Crippen molar-refractivity contribution in [1.82, 2.24) is 15.5 Å². The Labute approximate surface area is 161 Å². The molecule has 1 aromatic rings. The maximum absolute atomic E-state index is 15.0. The van der Waals surface area contributed by atoms with Crippen LogP contribution in [0.2, 0.25) is 0 Å². The van der Waals surface area contributed by atoms with Crippen LogP contribution in [-0.2, 0) is 16.1 Å². The maximum Gasteiger partial charge on any atom is 0.255 e. The number of nitrogens with zero attached hydrogens (tertiary/aromatic N) is 1. The highest BCUT2D eigenvalue weighted by molar-refractivity contribution is 6.05. The molecule has 3 amide bonds. The summed E-state index contributed by atoms with van der Waals surface area (Å²) in [6, 6.07) is 0.137. The summed E-state index contributed by atoms with van der Waals surface area (Å²) in [7, 11) is 0. The number of hydrogen-bond donors (Lipinski definition) is 2. The van der Waals surface area contributed by atoms with Crippen molar-refractivity contribution in [2.45, 2.75) is 45.2 Å². The molecule has 3 heterocycles. The first-order valence-electron chi connectivity index (χ1n) is 9.65. The van der Waals surface area contributed by atoms with E-state index >= 15 is 0 Å². The summed E-state index contributed by atoms with van der Waals surface area (Å²) in [4.78, 5) is 37.9. The predicted molar refractivity (Wildman–Crippen MR) is 96.3 cm³/mol. The van der Waals surface area contributed by atoms with Gasteiger partial charge in [-0.05, 0) is 48.9 Å². The highest BCUT2D eigenvalue weighted by atomic mass is 19.2. The lowest BCUT2D eigenvalue weighted by Gasteiger charge is -2.37. The van der Waals surface area contributed by atoms with Gasteiger partial charge in [-0.2, -0.15) is 0 Å². The van der Waals surface area contributed by atoms with Gasteiger partial charge in [0.05, 0.1) is 0 Å². The minimum atomic E-state index is -1.04. The molecule has 28 heavy (non-hydrogen) atoms. The zero-order chi connectivity index (χ0) is 20.2. The van der Waals surface area contributed by atoms with Crippen LogP contribution in [0.15, 0.2) is 6.07 Å². The Balaban J connectivity index is 1.76. The molecule has 1 aromatic carbocycles. The van der Waals surface area contributed by atoms with Gasteiger partial charge in [-0.1, -0.05) is 13.8 Å². The van der Waals surface area contributed by atoms with Gasteiger partial charge < -0.3 is 10.2 Å². The number of nitrogens with one attached hydrogen (secondary N) is 2. The van der Waals surface area contributed by atoms with Gasteiger partial charge >= 0.3 is 0 Å². The Morgan fingerprint density at radius 1 is 1.11 bits per heavy atom. The van der Waals surface area contributed by atoms with Crippen molar-refractivity contribution in [2.24, 2.45) is 11.8 Å². The van der Waals surface area contributed by atoms with Crippen LogP contribution < -0.4 is 10.6 Å². The first-order valence-corrected chi connectivity index (χ1v) is 9.65. The molecular formula is C20H23F2N3O3.